The van der Waals surface area contributed by atoms with E-state index >= 15 is 0 Å². The van der Waals surface area contributed by atoms with Crippen molar-refractivity contribution in [3.8, 4) is 0 Å². The van der Waals surface area contributed by atoms with Crippen LogP contribution < -0.4 is 0 Å². The van der Waals surface area contributed by atoms with Crippen LogP contribution in [0.3, 0.4) is 0 Å². The Kier molecular flexibility index (Phi) is 4.57. The molecule has 0 aliphatic heterocycles. The standard InChI is InChI=1S/C24H38O3/c1-22(2,21(26)27-5)15-10-12-23(3)16(14-15)6-7-17-18-8-9-20(25)24(18,4)13-11-19(17)23/h10,16-20,25H,6-9,11-14H2,1-5H3/t16-,17?,18?,19?,20-,23-,24-/m0/s1. The largest absolute Gasteiger partial charge is 0.468 e. The van der Waals surface area contributed by atoms with E-state index in [0.29, 0.717) is 17.3 Å². The van der Waals surface area contributed by atoms with Crippen LogP contribution in [-0.4, -0.2) is 24.3 Å². The van der Waals surface area contributed by atoms with Gasteiger partial charge in [0.2, 0.25) is 0 Å². The number of fused-ring (bicyclic) bond motifs is 5. The zero-order valence-electron chi connectivity index (χ0n) is 17.9. The summed E-state index contributed by atoms with van der Waals surface area (Å²) in [5, 5.41) is 10.6. The fourth-order valence-corrected chi connectivity index (χ4v) is 7.75. The van der Waals surface area contributed by atoms with Gasteiger partial charge in [0.05, 0.1) is 18.6 Å². The van der Waals surface area contributed by atoms with E-state index in [-0.39, 0.29) is 17.5 Å². The first-order valence-corrected chi connectivity index (χ1v) is 11.1. The fourth-order valence-electron chi connectivity index (χ4n) is 7.75. The summed E-state index contributed by atoms with van der Waals surface area (Å²) in [6.45, 7) is 8.93. The zero-order chi connectivity index (χ0) is 19.6. The molecule has 0 heterocycles. The van der Waals surface area contributed by atoms with Gasteiger partial charge in [-0.25, -0.2) is 0 Å². The van der Waals surface area contributed by atoms with Gasteiger partial charge in [-0.2, -0.15) is 0 Å². The summed E-state index contributed by atoms with van der Waals surface area (Å²) in [7, 11) is 1.50. The average molecular weight is 375 g/mol. The molecule has 0 amide bonds. The lowest BCUT2D eigenvalue weighted by molar-refractivity contribution is -0.149. The Hall–Kier alpha value is -0.830. The number of rotatable bonds is 2. The van der Waals surface area contributed by atoms with Crippen LogP contribution in [0.1, 0.15) is 79.1 Å². The molecule has 0 aromatic carbocycles. The third kappa shape index (κ3) is 2.67. The summed E-state index contributed by atoms with van der Waals surface area (Å²) >= 11 is 0. The first-order chi connectivity index (χ1) is 12.6. The number of hydrogen-bond donors (Lipinski definition) is 1. The lowest BCUT2D eigenvalue weighted by Gasteiger charge is -2.60. The summed E-state index contributed by atoms with van der Waals surface area (Å²) in [6.07, 6.45) is 11.7. The number of ether oxygens (including phenoxy) is 1. The Labute approximate surface area is 164 Å². The van der Waals surface area contributed by atoms with E-state index in [1.165, 1.54) is 44.8 Å². The lowest BCUT2D eigenvalue weighted by atomic mass is 9.45. The molecule has 3 nitrogen and oxygen atoms in total. The van der Waals surface area contributed by atoms with Crippen molar-refractivity contribution in [2.75, 3.05) is 7.11 Å². The van der Waals surface area contributed by atoms with Crippen LogP contribution in [0.4, 0.5) is 0 Å². The van der Waals surface area contributed by atoms with Gasteiger partial charge >= 0.3 is 5.97 Å². The van der Waals surface area contributed by atoms with E-state index in [1.807, 2.05) is 13.8 Å². The minimum Gasteiger partial charge on any atom is -0.468 e. The van der Waals surface area contributed by atoms with E-state index < -0.39 is 5.41 Å². The van der Waals surface area contributed by atoms with Crippen molar-refractivity contribution in [1.82, 2.24) is 0 Å². The molecular formula is C24H38O3. The minimum absolute atomic E-state index is 0.0901. The number of methoxy groups -OCH3 is 1. The molecule has 4 rings (SSSR count). The molecule has 0 aromatic heterocycles. The van der Waals surface area contributed by atoms with E-state index in [1.54, 1.807) is 0 Å². The molecule has 0 spiro atoms. The summed E-state index contributed by atoms with van der Waals surface area (Å²) < 4.78 is 5.08. The predicted molar refractivity (Wildman–Crippen MR) is 107 cm³/mol. The summed E-state index contributed by atoms with van der Waals surface area (Å²) in [5.41, 5.74) is 1.29. The van der Waals surface area contributed by atoms with E-state index in [4.69, 9.17) is 4.74 Å². The molecule has 27 heavy (non-hydrogen) atoms. The lowest BCUT2D eigenvalue weighted by Crippen LogP contribution is -2.53. The quantitative estimate of drug-likeness (QED) is 0.539. The average Bonchev–Trinajstić information content (AvgIpc) is 2.95. The molecule has 152 valence electrons. The highest BCUT2D eigenvalue weighted by molar-refractivity contribution is 5.79. The van der Waals surface area contributed by atoms with Crippen molar-refractivity contribution in [2.45, 2.75) is 85.2 Å². The molecule has 7 atom stereocenters. The van der Waals surface area contributed by atoms with Crippen molar-refractivity contribution in [1.29, 1.82) is 0 Å². The van der Waals surface area contributed by atoms with Crippen LogP contribution in [0.15, 0.2) is 11.6 Å². The Morgan fingerprint density at radius 3 is 2.52 bits per heavy atom. The Morgan fingerprint density at radius 1 is 1.11 bits per heavy atom. The van der Waals surface area contributed by atoms with E-state index in [0.717, 1.165) is 31.1 Å². The number of esters is 1. The van der Waals surface area contributed by atoms with Crippen molar-refractivity contribution >= 4 is 5.97 Å². The third-order valence-corrected chi connectivity index (χ3v) is 9.77. The van der Waals surface area contributed by atoms with Crippen LogP contribution in [0.5, 0.6) is 0 Å². The number of allylic oxidation sites excluding steroid dienone is 1. The van der Waals surface area contributed by atoms with Gasteiger partial charge in [0.1, 0.15) is 0 Å². The van der Waals surface area contributed by atoms with Crippen LogP contribution >= 0.6 is 0 Å². The molecule has 0 saturated heterocycles. The number of carbonyl (C=O) groups is 1. The number of hydrogen-bond acceptors (Lipinski definition) is 3. The topological polar surface area (TPSA) is 46.5 Å². The maximum Gasteiger partial charge on any atom is 0.315 e. The van der Waals surface area contributed by atoms with Crippen molar-refractivity contribution in [3.05, 3.63) is 11.6 Å². The molecule has 0 aromatic rings. The van der Waals surface area contributed by atoms with Gasteiger partial charge in [0.15, 0.2) is 0 Å². The second-order valence-electron chi connectivity index (χ2n) is 11.0. The molecule has 3 fully saturated rings. The van der Waals surface area contributed by atoms with Crippen molar-refractivity contribution in [3.63, 3.8) is 0 Å². The number of aliphatic hydroxyl groups is 1. The van der Waals surface area contributed by atoms with Gasteiger partial charge in [-0.15, -0.1) is 0 Å². The molecule has 4 aliphatic carbocycles. The van der Waals surface area contributed by atoms with Gasteiger partial charge in [-0.1, -0.05) is 25.5 Å². The summed E-state index contributed by atoms with van der Waals surface area (Å²) in [6, 6.07) is 0. The van der Waals surface area contributed by atoms with Gasteiger partial charge in [0, 0.05) is 0 Å². The maximum atomic E-state index is 12.3. The monoisotopic (exact) mass is 374 g/mol. The summed E-state index contributed by atoms with van der Waals surface area (Å²) in [4.78, 5) is 12.3. The highest BCUT2D eigenvalue weighted by Gasteiger charge is 2.59. The van der Waals surface area contributed by atoms with Crippen LogP contribution in [0, 0.1) is 39.9 Å². The Morgan fingerprint density at radius 2 is 1.81 bits per heavy atom. The maximum absolute atomic E-state index is 12.3. The molecule has 4 aliphatic rings. The third-order valence-electron chi connectivity index (χ3n) is 9.77. The zero-order valence-corrected chi connectivity index (χ0v) is 17.9. The van der Waals surface area contributed by atoms with Gasteiger partial charge in [-0.05, 0) is 99.7 Å². The van der Waals surface area contributed by atoms with Crippen molar-refractivity contribution < 1.29 is 14.6 Å². The van der Waals surface area contributed by atoms with Crippen LogP contribution in [0.2, 0.25) is 0 Å². The first-order valence-electron chi connectivity index (χ1n) is 11.1. The first kappa shape index (κ1) is 19.5. The van der Waals surface area contributed by atoms with E-state index in [2.05, 4.69) is 19.9 Å². The highest BCUT2D eigenvalue weighted by atomic mass is 16.5. The van der Waals surface area contributed by atoms with Gasteiger partial charge < -0.3 is 9.84 Å². The van der Waals surface area contributed by atoms with Gasteiger partial charge in [-0.3, -0.25) is 4.79 Å². The SMILES string of the molecule is COC(=O)C(C)(C)C1=CC[C@]2(C)C3CC[C@@]4(C)C(CC[C@@H]4O)C3CC[C@H]2C1. The molecule has 1 N–H and O–H groups in total. The minimum atomic E-state index is -0.506. The molecule has 3 unspecified atom stereocenters. The molecule has 0 bridgehead atoms. The van der Waals surface area contributed by atoms with Crippen LogP contribution in [-0.2, 0) is 9.53 Å². The molecule has 3 heteroatoms. The predicted octanol–water partition coefficient (Wildman–Crippen LogP) is 5.13. The highest BCUT2D eigenvalue weighted by Crippen LogP contribution is 2.66. The fraction of sp³-hybridized carbons (Fsp3) is 0.875. The molecule has 0 radical (unpaired) electrons. The normalized spacial score (nSPS) is 46.7. The van der Waals surface area contributed by atoms with Crippen molar-refractivity contribution in [2.24, 2.45) is 39.9 Å². The van der Waals surface area contributed by atoms with Crippen LogP contribution in [0.25, 0.3) is 0 Å². The second-order valence-corrected chi connectivity index (χ2v) is 11.0. The van der Waals surface area contributed by atoms with E-state index in [9.17, 15) is 9.90 Å². The smallest absolute Gasteiger partial charge is 0.315 e. The molecular weight excluding hydrogens is 336 g/mol. The number of carbonyl (C=O) groups excluding carboxylic acids is 1. The number of aliphatic hydroxyl groups excluding tert-OH is 1. The Bertz CT molecular complexity index is 650. The molecule has 3 saturated carbocycles. The second kappa shape index (κ2) is 6.34. The Balaban J connectivity index is 1.59. The van der Waals surface area contributed by atoms with Gasteiger partial charge in [0.25, 0.3) is 0 Å². The summed E-state index contributed by atoms with van der Waals surface area (Å²) in [5.74, 6) is 2.84.